The highest BCUT2D eigenvalue weighted by Gasteiger charge is 2.37. The van der Waals surface area contributed by atoms with Crippen molar-refractivity contribution < 1.29 is 19.4 Å². The first-order valence-electron chi connectivity index (χ1n) is 8.08. The summed E-state index contributed by atoms with van der Waals surface area (Å²) in [6.07, 6.45) is 1.64. The van der Waals surface area contributed by atoms with Gasteiger partial charge in [0, 0.05) is 13.0 Å². The second-order valence-electron chi connectivity index (χ2n) is 5.94. The van der Waals surface area contributed by atoms with Gasteiger partial charge in [-0.1, -0.05) is 66.7 Å². The van der Waals surface area contributed by atoms with Gasteiger partial charge in [0.25, 0.3) is 0 Å². The monoisotopic (exact) mass is 337 g/mol. The number of aliphatic carboxylic acids is 1. The summed E-state index contributed by atoms with van der Waals surface area (Å²) in [7, 11) is 0. The van der Waals surface area contributed by atoms with E-state index >= 15 is 0 Å². The lowest BCUT2D eigenvalue weighted by molar-refractivity contribution is -0.141. The average Bonchev–Trinajstić information content (AvgIpc) is 3.06. The Morgan fingerprint density at radius 1 is 1.08 bits per heavy atom. The van der Waals surface area contributed by atoms with Crippen LogP contribution in [0.1, 0.15) is 17.5 Å². The van der Waals surface area contributed by atoms with Crippen molar-refractivity contribution in [1.82, 2.24) is 4.90 Å². The Labute approximate surface area is 146 Å². The predicted octanol–water partition coefficient (Wildman–Crippen LogP) is 3.57. The predicted molar refractivity (Wildman–Crippen MR) is 93.8 cm³/mol. The maximum atomic E-state index is 12.3. The number of likely N-dealkylation sites (tertiary alicyclic amines) is 1. The topological polar surface area (TPSA) is 66.8 Å². The average molecular weight is 337 g/mol. The Hall–Kier alpha value is -3.08. The number of carboxylic acid groups (broad SMARTS) is 1. The number of amides is 1. The fourth-order valence-corrected chi connectivity index (χ4v) is 2.86. The molecule has 1 aliphatic heterocycles. The van der Waals surface area contributed by atoms with Gasteiger partial charge in [0.15, 0.2) is 0 Å². The van der Waals surface area contributed by atoms with Crippen LogP contribution in [0.15, 0.2) is 66.2 Å². The zero-order chi connectivity index (χ0) is 17.6. The summed E-state index contributed by atoms with van der Waals surface area (Å²) < 4.78 is 5.29. The van der Waals surface area contributed by atoms with Crippen molar-refractivity contribution in [2.75, 3.05) is 6.54 Å². The molecule has 2 aromatic carbocycles. The number of ether oxygens (including phenoxy) is 1. The normalized spacial score (nSPS) is 18.3. The van der Waals surface area contributed by atoms with Gasteiger partial charge in [-0.2, -0.15) is 0 Å². The van der Waals surface area contributed by atoms with Gasteiger partial charge in [-0.05, 0) is 16.7 Å². The van der Waals surface area contributed by atoms with Crippen molar-refractivity contribution in [3.8, 4) is 0 Å². The summed E-state index contributed by atoms with van der Waals surface area (Å²) in [5.74, 6) is -1.02. The molecule has 1 atom stereocenters. The minimum absolute atomic E-state index is 0.125. The Kier molecular flexibility index (Phi) is 5.14. The number of nitrogens with zero attached hydrogens (tertiary/aromatic N) is 1. The third kappa shape index (κ3) is 4.26. The highest BCUT2D eigenvalue weighted by atomic mass is 16.6. The van der Waals surface area contributed by atoms with Crippen LogP contribution in [0.5, 0.6) is 0 Å². The molecule has 1 fully saturated rings. The largest absolute Gasteiger partial charge is 0.480 e. The number of hydrogen-bond acceptors (Lipinski definition) is 3. The van der Waals surface area contributed by atoms with E-state index in [0.717, 1.165) is 16.7 Å². The molecule has 1 aliphatic rings. The number of hydrogen-bond donors (Lipinski definition) is 1. The Bertz CT molecular complexity index is 771. The standard InChI is InChI=1S/C20H19NO4/c22-19(23)18-12-17(11-15-7-3-1-4-8-15)13-21(18)20(24)25-14-16-9-5-2-6-10-16/h1-11,18H,12-14H2,(H,22,23)/b17-11-/t18-/m0/s1. The molecular formula is C20H19NO4. The molecule has 2 aromatic rings. The Morgan fingerprint density at radius 3 is 2.36 bits per heavy atom. The summed E-state index contributed by atoms with van der Waals surface area (Å²) in [6, 6.07) is 18.1. The molecule has 1 heterocycles. The Morgan fingerprint density at radius 2 is 1.72 bits per heavy atom. The molecule has 0 unspecified atom stereocenters. The van der Waals surface area contributed by atoms with Crippen molar-refractivity contribution in [3.05, 3.63) is 77.4 Å². The van der Waals surface area contributed by atoms with E-state index in [-0.39, 0.29) is 13.2 Å². The fourth-order valence-electron chi connectivity index (χ4n) is 2.86. The van der Waals surface area contributed by atoms with Crippen LogP contribution in [0, 0.1) is 0 Å². The number of carbonyl (C=O) groups is 2. The third-order valence-corrected chi connectivity index (χ3v) is 4.10. The molecule has 3 rings (SSSR count). The minimum Gasteiger partial charge on any atom is -0.480 e. The minimum atomic E-state index is -1.02. The number of benzene rings is 2. The number of carbonyl (C=O) groups excluding carboxylic acids is 1. The molecule has 1 N–H and O–H groups in total. The zero-order valence-electron chi connectivity index (χ0n) is 13.7. The van der Waals surface area contributed by atoms with Crippen LogP contribution in [0.2, 0.25) is 0 Å². The molecular weight excluding hydrogens is 318 g/mol. The highest BCUT2D eigenvalue weighted by molar-refractivity contribution is 5.82. The summed E-state index contributed by atoms with van der Waals surface area (Å²) in [6.45, 7) is 0.389. The molecule has 0 radical (unpaired) electrons. The van der Waals surface area contributed by atoms with Crippen LogP contribution in [0.3, 0.4) is 0 Å². The highest BCUT2D eigenvalue weighted by Crippen LogP contribution is 2.26. The first kappa shape index (κ1) is 16.8. The maximum Gasteiger partial charge on any atom is 0.411 e. The van der Waals surface area contributed by atoms with Crippen molar-refractivity contribution in [2.24, 2.45) is 0 Å². The number of rotatable bonds is 4. The summed E-state index contributed by atoms with van der Waals surface area (Å²) in [4.78, 5) is 25.1. The number of carboxylic acids is 1. The zero-order valence-corrected chi connectivity index (χ0v) is 13.7. The van der Waals surface area contributed by atoms with Gasteiger partial charge in [0.05, 0.1) is 0 Å². The van der Waals surface area contributed by atoms with Crippen LogP contribution >= 0.6 is 0 Å². The van der Waals surface area contributed by atoms with Gasteiger partial charge in [-0.25, -0.2) is 9.59 Å². The molecule has 128 valence electrons. The van der Waals surface area contributed by atoms with Crippen molar-refractivity contribution >= 4 is 18.1 Å². The first-order chi connectivity index (χ1) is 12.1. The van der Waals surface area contributed by atoms with Gasteiger partial charge >= 0.3 is 12.1 Å². The molecule has 1 saturated heterocycles. The molecule has 0 saturated carbocycles. The SMILES string of the molecule is O=C(O)[C@@H]1C/C(=C/c2ccccc2)CN1C(=O)OCc1ccccc1. The smallest absolute Gasteiger partial charge is 0.411 e. The molecule has 1 amide bonds. The molecule has 0 aromatic heterocycles. The summed E-state index contributed by atoms with van der Waals surface area (Å²) in [5.41, 5.74) is 2.75. The third-order valence-electron chi connectivity index (χ3n) is 4.10. The summed E-state index contributed by atoms with van der Waals surface area (Å²) >= 11 is 0. The maximum absolute atomic E-state index is 12.3. The van der Waals surface area contributed by atoms with Gasteiger partial charge in [-0.3, -0.25) is 4.90 Å². The molecule has 5 nitrogen and oxygen atoms in total. The van der Waals surface area contributed by atoms with E-state index in [2.05, 4.69) is 0 Å². The molecule has 0 bridgehead atoms. The first-order valence-corrected chi connectivity index (χ1v) is 8.08. The van der Waals surface area contributed by atoms with E-state index < -0.39 is 18.1 Å². The van der Waals surface area contributed by atoms with Gasteiger partial charge in [-0.15, -0.1) is 0 Å². The second kappa shape index (κ2) is 7.66. The quantitative estimate of drug-likeness (QED) is 0.926. The van der Waals surface area contributed by atoms with Crippen LogP contribution in [0.4, 0.5) is 4.79 Å². The van der Waals surface area contributed by atoms with Crippen molar-refractivity contribution in [1.29, 1.82) is 0 Å². The van der Waals surface area contributed by atoms with E-state index in [9.17, 15) is 14.7 Å². The lowest BCUT2D eigenvalue weighted by atomic mass is 10.1. The van der Waals surface area contributed by atoms with Gasteiger partial charge in [0.2, 0.25) is 0 Å². The van der Waals surface area contributed by atoms with Gasteiger partial charge in [0.1, 0.15) is 12.6 Å². The van der Waals surface area contributed by atoms with Crippen molar-refractivity contribution in [2.45, 2.75) is 19.1 Å². The molecule has 25 heavy (non-hydrogen) atoms. The van der Waals surface area contributed by atoms with Crippen LogP contribution in [0.25, 0.3) is 6.08 Å². The lowest BCUT2D eigenvalue weighted by Crippen LogP contribution is -2.40. The van der Waals surface area contributed by atoms with Crippen LogP contribution in [-0.2, 0) is 16.1 Å². The molecule has 0 spiro atoms. The van der Waals surface area contributed by atoms with E-state index in [1.54, 1.807) is 0 Å². The fraction of sp³-hybridized carbons (Fsp3) is 0.200. The van der Waals surface area contributed by atoms with Gasteiger partial charge < -0.3 is 9.84 Å². The van der Waals surface area contributed by atoms with Crippen molar-refractivity contribution in [3.63, 3.8) is 0 Å². The van der Waals surface area contributed by atoms with E-state index in [4.69, 9.17) is 4.74 Å². The van der Waals surface area contributed by atoms with E-state index in [1.165, 1.54) is 4.90 Å². The lowest BCUT2D eigenvalue weighted by Gasteiger charge is -2.20. The molecule has 5 heteroatoms. The second-order valence-corrected chi connectivity index (χ2v) is 5.94. The Balaban J connectivity index is 1.69. The molecule has 0 aliphatic carbocycles. The van der Waals surface area contributed by atoms with E-state index in [0.29, 0.717) is 6.42 Å². The summed E-state index contributed by atoms with van der Waals surface area (Å²) in [5, 5.41) is 9.43. The van der Waals surface area contributed by atoms with E-state index in [1.807, 2.05) is 66.7 Å². The van der Waals surface area contributed by atoms with Crippen LogP contribution < -0.4 is 0 Å². The van der Waals surface area contributed by atoms with Crippen LogP contribution in [-0.4, -0.2) is 34.7 Å².